The van der Waals surface area contributed by atoms with Gasteiger partial charge >= 0.3 is 18.1 Å². The first-order valence-corrected chi connectivity index (χ1v) is 10.6. The third-order valence-electron chi connectivity index (χ3n) is 5.03. The van der Waals surface area contributed by atoms with Crippen LogP contribution in [0.15, 0.2) is 54.6 Å². The monoisotopic (exact) mass is 534 g/mol. The molecule has 0 aromatic heterocycles. The average molecular weight is 535 g/mol. The summed E-state index contributed by atoms with van der Waals surface area (Å²) in [6.07, 6.45) is -5.63. The van der Waals surface area contributed by atoms with Crippen LogP contribution in [0.25, 0.3) is 11.1 Å². The summed E-state index contributed by atoms with van der Waals surface area (Å²) in [7, 11) is 1.21. The molecule has 0 saturated heterocycles. The molecule has 0 amide bonds. The van der Waals surface area contributed by atoms with E-state index in [1.807, 2.05) is 0 Å². The standard InChI is InChI=1S/C24H17Cl2F5O4/c1-34-22(33)12-35-16-10-19(25)18(20(26)11-16)8-13-5-6-21(32)17(7-13)14-3-2-4-15(9-14)23(27,28)24(29,30)31/h2-7,9-11,32H,8,12H2,1H3. The lowest BCUT2D eigenvalue weighted by molar-refractivity contribution is -0.289. The van der Waals surface area contributed by atoms with Gasteiger partial charge < -0.3 is 14.6 Å². The van der Waals surface area contributed by atoms with Crippen molar-refractivity contribution in [3.63, 3.8) is 0 Å². The lowest BCUT2D eigenvalue weighted by Gasteiger charge is -2.20. The maximum Gasteiger partial charge on any atom is 0.458 e. The Kier molecular flexibility index (Phi) is 7.81. The van der Waals surface area contributed by atoms with E-state index in [0.717, 1.165) is 6.07 Å². The van der Waals surface area contributed by atoms with Crippen LogP contribution in [-0.2, 0) is 21.9 Å². The molecule has 0 atom stereocenters. The molecule has 3 aromatic carbocycles. The number of carbonyl (C=O) groups excluding carboxylic acids is 1. The van der Waals surface area contributed by atoms with Crippen molar-refractivity contribution < 1.29 is 41.3 Å². The maximum absolute atomic E-state index is 13.8. The summed E-state index contributed by atoms with van der Waals surface area (Å²) in [5.74, 6) is -5.75. The Balaban J connectivity index is 1.92. The molecule has 186 valence electrons. The SMILES string of the molecule is COC(=O)COc1cc(Cl)c(Cc2ccc(O)c(-c3cccc(C(F)(F)C(F)(F)F)c3)c2)c(Cl)c1. The Bertz CT molecular complexity index is 1220. The molecule has 1 N–H and O–H groups in total. The molecule has 0 aliphatic heterocycles. The second kappa shape index (κ2) is 10.3. The molecule has 0 fully saturated rings. The molecule has 0 radical (unpaired) electrons. The van der Waals surface area contributed by atoms with E-state index in [1.165, 1.54) is 43.5 Å². The van der Waals surface area contributed by atoms with Crippen molar-refractivity contribution in [3.05, 3.63) is 81.3 Å². The van der Waals surface area contributed by atoms with E-state index in [2.05, 4.69) is 4.74 Å². The minimum absolute atomic E-state index is 0.0328. The highest BCUT2D eigenvalue weighted by Gasteiger charge is 2.58. The Morgan fingerprint density at radius 2 is 1.63 bits per heavy atom. The van der Waals surface area contributed by atoms with Crippen molar-refractivity contribution in [2.75, 3.05) is 13.7 Å². The van der Waals surface area contributed by atoms with E-state index in [9.17, 15) is 31.9 Å². The van der Waals surface area contributed by atoms with Gasteiger partial charge in [0.15, 0.2) is 6.61 Å². The smallest absolute Gasteiger partial charge is 0.458 e. The number of halogens is 7. The van der Waals surface area contributed by atoms with Gasteiger partial charge in [-0.15, -0.1) is 0 Å². The molecule has 0 aliphatic rings. The van der Waals surface area contributed by atoms with Crippen molar-refractivity contribution >= 4 is 29.2 Å². The molecular weight excluding hydrogens is 518 g/mol. The molecule has 0 spiro atoms. The number of benzene rings is 3. The van der Waals surface area contributed by atoms with Crippen LogP contribution < -0.4 is 4.74 Å². The molecule has 35 heavy (non-hydrogen) atoms. The fourth-order valence-corrected chi connectivity index (χ4v) is 3.81. The molecule has 0 saturated carbocycles. The quantitative estimate of drug-likeness (QED) is 0.258. The molecule has 4 nitrogen and oxygen atoms in total. The first-order valence-electron chi connectivity index (χ1n) is 9.88. The summed E-state index contributed by atoms with van der Waals surface area (Å²) in [5, 5.41) is 10.7. The van der Waals surface area contributed by atoms with Gasteiger partial charge in [0.2, 0.25) is 0 Å². The second-order valence-corrected chi connectivity index (χ2v) is 8.23. The minimum Gasteiger partial charge on any atom is -0.507 e. The number of ether oxygens (including phenoxy) is 2. The fraction of sp³-hybridized carbons (Fsp3) is 0.208. The number of alkyl halides is 5. The third kappa shape index (κ3) is 5.97. The van der Waals surface area contributed by atoms with Crippen LogP contribution in [0, 0.1) is 0 Å². The second-order valence-electron chi connectivity index (χ2n) is 7.41. The number of phenolic OH excluding ortho intramolecular Hbond substituents is 1. The van der Waals surface area contributed by atoms with E-state index in [-0.39, 0.29) is 45.7 Å². The van der Waals surface area contributed by atoms with Crippen molar-refractivity contribution in [2.45, 2.75) is 18.5 Å². The van der Waals surface area contributed by atoms with Gasteiger partial charge in [0.1, 0.15) is 11.5 Å². The van der Waals surface area contributed by atoms with Gasteiger partial charge in [0.25, 0.3) is 0 Å². The summed E-state index contributed by atoms with van der Waals surface area (Å²) in [5.41, 5.74) is -0.228. The van der Waals surface area contributed by atoms with Gasteiger partial charge in [-0.2, -0.15) is 22.0 Å². The Labute approximate surface area is 206 Å². The van der Waals surface area contributed by atoms with Gasteiger partial charge in [-0.3, -0.25) is 0 Å². The number of methoxy groups -OCH3 is 1. The lowest BCUT2D eigenvalue weighted by Crippen LogP contribution is -2.33. The number of carbonyl (C=O) groups is 1. The molecule has 0 unspecified atom stereocenters. The molecule has 0 bridgehead atoms. The number of esters is 1. The molecule has 11 heteroatoms. The highest BCUT2D eigenvalue weighted by atomic mass is 35.5. The summed E-state index contributed by atoms with van der Waals surface area (Å²) in [6.45, 7) is -0.351. The molecule has 3 rings (SSSR count). The predicted molar refractivity (Wildman–Crippen MR) is 120 cm³/mol. The van der Waals surface area contributed by atoms with Crippen molar-refractivity contribution in [2.24, 2.45) is 0 Å². The van der Waals surface area contributed by atoms with Crippen LogP contribution in [0.5, 0.6) is 11.5 Å². The summed E-state index contributed by atoms with van der Waals surface area (Å²) >= 11 is 12.6. The number of aromatic hydroxyl groups is 1. The van der Waals surface area contributed by atoms with Gasteiger partial charge in [0.05, 0.1) is 7.11 Å². The van der Waals surface area contributed by atoms with Crippen molar-refractivity contribution in [1.82, 2.24) is 0 Å². The zero-order valence-corrected chi connectivity index (χ0v) is 19.4. The van der Waals surface area contributed by atoms with Gasteiger partial charge in [-0.1, -0.05) is 47.5 Å². The number of hydrogen-bond donors (Lipinski definition) is 1. The Morgan fingerprint density at radius 3 is 2.23 bits per heavy atom. The highest BCUT2D eigenvalue weighted by Crippen LogP contribution is 2.45. The van der Waals surface area contributed by atoms with Crippen LogP contribution in [0.3, 0.4) is 0 Å². The Hall–Kier alpha value is -3.04. The van der Waals surface area contributed by atoms with E-state index < -0.39 is 23.6 Å². The molecule has 0 aliphatic carbocycles. The Morgan fingerprint density at radius 1 is 0.971 bits per heavy atom. The van der Waals surface area contributed by atoms with E-state index in [0.29, 0.717) is 23.3 Å². The van der Waals surface area contributed by atoms with Gasteiger partial charge in [-0.05, 0) is 47.0 Å². The van der Waals surface area contributed by atoms with Crippen LogP contribution in [-0.4, -0.2) is 31.0 Å². The normalized spacial score (nSPS) is 11.9. The van der Waals surface area contributed by atoms with Crippen molar-refractivity contribution in [1.29, 1.82) is 0 Å². The molecule has 0 heterocycles. The first-order chi connectivity index (χ1) is 16.3. The van der Waals surface area contributed by atoms with E-state index in [4.69, 9.17) is 27.9 Å². The fourth-order valence-electron chi connectivity index (χ4n) is 3.21. The summed E-state index contributed by atoms with van der Waals surface area (Å²) < 4.78 is 75.8. The van der Waals surface area contributed by atoms with Crippen molar-refractivity contribution in [3.8, 4) is 22.6 Å². The van der Waals surface area contributed by atoms with Crippen LogP contribution >= 0.6 is 23.2 Å². The zero-order valence-electron chi connectivity index (χ0n) is 17.9. The molecular formula is C24H17Cl2F5O4. The predicted octanol–water partition coefficient (Wildman–Crippen LogP) is 7.16. The lowest BCUT2D eigenvalue weighted by atomic mass is 9.96. The van der Waals surface area contributed by atoms with E-state index >= 15 is 0 Å². The topological polar surface area (TPSA) is 55.8 Å². The number of rotatable bonds is 7. The summed E-state index contributed by atoms with van der Waals surface area (Å²) in [6, 6.07) is 10.8. The van der Waals surface area contributed by atoms with Crippen LogP contribution in [0.4, 0.5) is 22.0 Å². The summed E-state index contributed by atoms with van der Waals surface area (Å²) in [4.78, 5) is 11.2. The maximum atomic E-state index is 13.8. The number of phenols is 1. The third-order valence-corrected chi connectivity index (χ3v) is 5.71. The largest absolute Gasteiger partial charge is 0.507 e. The first kappa shape index (κ1) is 26.6. The zero-order chi connectivity index (χ0) is 26.0. The van der Waals surface area contributed by atoms with Gasteiger partial charge in [0, 0.05) is 27.6 Å². The van der Waals surface area contributed by atoms with Gasteiger partial charge in [-0.25, -0.2) is 4.79 Å². The number of hydrogen-bond acceptors (Lipinski definition) is 4. The van der Waals surface area contributed by atoms with Crippen LogP contribution in [0.1, 0.15) is 16.7 Å². The average Bonchev–Trinajstić information content (AvgIpc) is 2.80. The highest BCUT2D eigenvalue weighted by molar-refractivity contribution is 6.36. The minimum atomic E-state index is -5.77. The van der Waals surface area contributed by atoms with E-state index in [1.54, 1.807) is 0 Å². The molecule has 3 aromatic rings. The van der Waals surface area contributed by atoms with Crippen LogP contribution in [0.2, 0.25) is 10.0 Å².